The Morgan fingerprint density at radius 1 is 1.12 bits per heavy atom. The van der Waals surface area contributed by atoms with Crippen molar-refractivity contribution in [2.24, 2.45) is 0 Å². The first-order valence-corrected chi connectivity index (χ1v) is 10.4. The zero-order valence-electron chi connectivity index (χ0n) is 17.7. The van der Waals surface area contributed by atoms with Crippen molar-refractivity contribution < 1.29 is 27.5 Å². The molecule has 0 bridgehead atoms. The third-order valence-corrected chi connectivity index (χ3v) is 5.43. The van der Waals surface area contributed by atoms with Gasteiger partial charge < -0.3 is 9.64 Å². The van der Waals surface area contributed by atoms with Crippen molar-refractivity contribution in [2.45, 2.75) is 25.2 Å². The number of nitrogens with one attached hydrogen (secondary N) is 1. The van der Waals surface area contributed by atoms with Crippen LogP contribution in [-0.4, -0.2) is 60.3 Å². The number of halogens is 5. The van der Waals surface area contributed by atoms with Gasteiger partial charge in [-0.15, -0.1) is 12.4 Å². The van der Waals surface area contributed by atoms with Gasteiger partial charge in [-0.3, -0.25) is 15.0 Å². The molecule has 1 aliphatic heterocycles. The molecule has 0 aromatic heterocycles. The average molecular weight is 506 g/mol. The molecule has 0 aliphatic carbocycles. The van der Waals surface area contributed by atoms with E-state index in [0.717, 1.165) is 5.56 Å². The van der Waals surface area contributed by atoms with Gasteiger partial charge in [-0.25, -0.2) is 4.79 Å². The molecule has 1 fully saturated rings. The maximum Gasteiger partial charge on any atom is 0.426 e. The molecule has 6 nitrogen and oxygen atoms in total. The van der Waals surface area contributed by atoms with Gasteiger partial charge in [0.05, 0.1) is 6.04 Å². The summed E-state index contributed by atoms with van der Waals surface area (Å²) in [6, 6.07) is 14.6. The molecular formula is C22H24Cl2F3N3O3. The number of piperazine rings is 1. The third kappa shape index (κ3) is 7.52. The molecule has 2 aromatic carbocycles. The molecule has 1 unspecified atom stereocenters. The van der Waals surface area contributed by atoms with Crippen molar-refractivity contribution in [3.05, 3.63) is 65.2 Å². The van der Waals surface area contributed by atoms with Crippen molar-refractivity contribution in [2.75, 3.05) is 31.5 Å². The molecule has 180 valence electrons. The number of rotatable bonds is 5. The van der Waals surface area contributed by atoms with Crippen LogP contribution in [0.1, 0.15) is 18.5 Å². The summed E-state index contributed by atoms with van der Waals surface area (Å²) in [5.74, 6) is -0.149. The summed E-state index contributed by atoms with van der Waals surface area (Å²) in [6.45, 7) is 1.60. The highest BCUT2D eigenvalue weighted by Gasteiger charge is 2.45. The van der Waals surface area contributed by atoms with Gasteiger partial charge in [0, 0.05) is 43.8 Å². The second-order valence-corrected chi connectivity index (χ2v) is 7.90. The van der Waals surface area contributed by atoms with E-state index < -0.39 is 24.9 Å². The van der Waals surface area contributed by atoms with Crippen LogP contribution < -0.4 is 5.32 Å². The quantitative estimate of drug-likeness (QED) is 0.610. The molecule has 1 heterocycles. The number of carbonyl (C=O) groups is 2. The fraction of sp³-hybridized carbons (Fsp3) is 0.364. The molecule has 0 saturated carbocycles. The van der Waals surface area contributed by atoms with E-state index >= 15 is 0 Å². The first-order chi connectivity index (χ1) is 15.1. The maximum absolute atomic E-state index is 13.6. The van der Waals surface area contributed by atoms with Crippen molar-refractivity contribution >= 4 is 41.7 Å². The maximum atomic E-state index is 13.6. The van der Waals surface area contributed by atoms with E-state index in [1.807, 2.05) is 30.3 Å². The molecule has 2 atom stereocenters. The van der Waals surface area contributed by atoms with Crippen LogP contribution in [0.4, 0.5) is 23.7 Å². The van der Waals surface area contributed by atoms with E-state index in [1.165, 1.54) is 31.2 Å². The minimum atomic E-state index is -4.75. The summed E-state index contributed by atoms with van der Waals surface area (Å²) in [4.78, 5) is 27.3. The Hall–Kier alpha value is -2.49. The molecule has 1 saturated heterocycles. The number of ether oxygens (including phenoxy) is 1. The Kier molecular flexibility index (Phi) is 9.39. The van der Waals surface area contributed by atoms with Crippen LogP contribution in [0.15, 0.2) is 54.6 Å². The van der Waals surface area contributed by atoms with Gasteiger partial charge in [-0.2, -0.15) is 13.2 Å². The lowest BCUT2D eigenvalue weighted by molar-refractivity contribution is -0.208. The number of hydrogen-bond donors (Lipinski definition) is 1. The normalized spacial score (nSPS) is 17.6. The monoisotopic (exact) mass is 505 g/mol. The summed E-state index contributed by atoms with van der Waals surface area (Å²) >= 11 is 5.76. The lowest BCUT2D eigenvalue weighted by Crippen LogP contribution is -2.54. The molecule has 33 heavy (non-hydrogen) atoms. The van der Waals surface area contributed by atoms with Gasteiger partial charge in [0.15, 0.2) is 0 Å². The molecule has 1 aliphatic rings. The number of carbonyl (C=O) groups excluding carboxylic acids is 2. The summed E-state index contributed by atoms with van der Waals surface area (Å²) in [5, 5.41) is 2.70. The zero-order chi connectivity index (χ0) is 23.3. The van der Waals surface area contributed by atoms with Gasteiger partial charge in [0.1, 0.15) is 0 Å². The van der Waals surface area contributed by atoms with Crippen molar-refractivity contribution in [1.29, 1.82) is 0 Å². The molecular weight excluding hydrogens is 482 g/mol. The summed E-state index contributed by atoms with van der Waals surface area (Å²) < 4.78 is 45.7. The van der Waals surface area contributed by atoms with Crippen LogP contribution in [-0.2, 0) is 9.53 Å². The van der Waals surface area contributed by atoms with Gasteiger partial charge >= 0.3 is 12.3 Å². The molecule has 2 aromatic rings. The van der Waals surface area contributed by atoms with E-state index in [4.69, 9.17) is 16.3 Å². The van der Waals surface area contributed by atoms with Crippen LogP contribution >= 0.6 is 24.0 Å². The first-order valence-electron chi connectivity index (χ1n) is 9.98. The van der Waals surface area contributed by atoms with Gasteiger partial charge in [0.2, 0.25) is 12.0 Å². The van der Waals surface area contributed by atoms with Crippen molar-refractivity contribution in [3.63, 3.8) is 0 Å². The topological polar surface area (TPSA) is 61.9 Å². The van der Waals surface area contributed by atoms with E-state index in [2.05, 4.69) is 5.32 Å². The Labute approximate surface area is 201 Å². The van der Waals surface area contributed by atoms with E-state index in [1.54, 1.807) is 9.80 Å². The SMILES string of the molecule is CC(=O)N1CCN(CC(OC(=O)Nc2ccc(Cl)cc2)C(F)(F)F)C[C@@H]1c1ccccc1.Cl. The summed E-state index contributed by atoms with van der Waals surface area (Å²) in [6.07, 6.45) is -8.29. The van der Waals surface area contributed by atoms with E-state index in [-0.39, 0.29) is 49.7 Å². The largest absolute Gasteiger partial charge is 0.435 e. The lowest BCUT2D eigenvalue weighted by Gasteiger charge is -2.42. The van der Waals surface area contributed by atoms with Gasteiger partial charge in [-0.1, -0.05) is 41.9 Å². The number of alkyl halides is 3. The summed E-state index contributed by atoms with van der Waals surface area (Å²) in [7, 11) is 0. The molecule has 0 radical (unpaired) electrons. The van der Waals surface area contributed by atoms with E-state index in [9.17, 15) is 22.8 Å². The smallest absolute Gasteiger partial charge is 0.426 e. The van der Waals surface area contributed by atoms with Crippen LogP contribution in [0.25, 0.3) is 0 Å². The number of anilines is 1. The molecule has 11 heteroatoms. The van der Waals surface area contributed by atoms with E-state index in [0.29, 0.717) is 5.02 Å². The highest BCUT2D eigenvalue weighted by molar-refractivity contribution is 6.30. The average Bonchev–Trinajstić information content (AvgIpc) is 2.74. The number of hydrogen-bond acceptors (Lipinski definition) is 4. The third-order valence-electron chi connectivity index (χ3n) is 5.18. The number of benzene rings is 2. The van der Waals surface area contributed by atoms with Crippen LogP contribution in [0.5, 0.6) is 0 Å². The van der Waals surface area contributed by atoms with Gasteiger partial charge in [0.25, 0.3) is 0 Å². The molecule has 0 spiro atoms. The molecule has 1 N–H and O–H groups in total. The van der Waals surface area contributed by atoms with Crippen molar-refractivity contribution in [3.8, 4) is 0 Å². The Balaban J connectivity index is 0.00000385. The highest BCUT2D eigenvalue weighted by Crippen LogP contribution is 2.29. The van der Waals surface area contributed by atoms with Crippen LogP contribution in [0.2, 0.25) is 5.02 Å². The zero-order valence-corrected chi connectivity index (χ0v) is 19.3. The second kappa shape index (κ2) is 11.6. The molecule has 2 amide bonds. The van der Waals surface area contributed by atoms with Crippen LogP contribution in [0.3, 0.4) is 0 Å². The first kappa shape index (κ1) is 26.8. The standard InChI is InChI=1S/C22H23ClF3N3O3.ClH/c1-15(30)29-12-11-28(13-19(29)16-5-3-2-4-6-16)14-20(22(24,25)26)32-21(31)27-18-9-7-17(23)8-10-18;/h2-10,19-20H,11-14H2,1H3,(H,27,31);1H/t19-,20?;/m1./s1. The Morgan fingerprint density at radius 3 is 2.33 bits per heavy atom. The Bertz CT molecular complexity index is 930. The highest BCUT2D eigenvalue weighted by atomic mass is 35.5. The minimum absolute atomic E-state index is 0. The predicted octanol–water partition coefficient (Wildman–Crippen LogP) is 5.15. The fourth-order valence-corrected chi connectivity index (χ4v) is 3.72. The number of amides is 2. The van der Waals surface area contributed by atoms with Gasteiger partial charge in [-0.05, 0) is 29.8 Å². The predicted molar refractivity (Wildman–Crippen MR) is 122 cm³/mol. The summed E-state index contributed by atoms with van der Waals surface area (Å²) in [5.41, 5.74) is 1.09. The fourth-order valence-electron chi connectivity index (χ4n) is 3.59. The lowest BCUT2D eigenvalue weighted by atomic mass is 10.0. The number of nitrogens with zero attached hydrogens (tertiary/aromatic N) is 2. The minimum Gasteiger partial charge on any atom is -0.435 e. The van der Waals surface area contributed by atoms with Crippen LogP contribution in [0, 0.1) is 0 Å². The Morgan fingerprint density at radius 2 is 1.76 bits per heavy atom. The van der Waals surface area contributed by atoms with Crippen molar-refractivity contribution in [1.82, 2.24) is 9.80 Å². The molecule has 3 rings (SSSR count). The second-order valence-electron chi connectivity index (χ2n) is 7.47.